The molecule has 0 amide bonds. The highest BCUT2D eigenvalue weighted by atomic mass is 19.1. The highest BCUT2D eigenvalue weighted by molar-refractivity contribution is 5.91. The van der Waals surface area contributed by atoms with E-state index in [4.69, 9.17) is 9.84 Å². The molecule has 2 N–H and O–H groups in total. The van der Waals surface area contributed by atoms with Crippen molar-refractivity contribution in [3.05, 3.63) is 51.8 Å². The molecule has 110 valence electrons. The van der Waals surface area contributed by atoms with Crippen LogP contribution >= 0.6 is 0 Å². The van der Waals surface area contributed by atoms with Gasteiger partial charge >= 0.3 is 5.97 Å². The molecule has 0 unspecified atom stereocenters. The molecule has 0 aliphatic heterocycles. The number of ether oxygens (including phenoxy) is 1. The zero-order chi connectivity index (χ0) is 15.6. The lowest BCUT2D eigenvalue weighted by atomic mass is 10.2. The zero-order valence-corrected chi connectivity index (χ0v) is 11.4. The van der Waals surface area contributed by atoms with Crippen LogP contribution < -0.4 is 10.3 Å². The number of aromatic amines is 1. The molecule has 0 aliphatic carbocycles. The number of rotatable bonds is 4. The van der Waals surface area contributed by atoms with Gasteiger partial charge in [-0.15, -0.1) is 0 Å². The molecule has 1 aromatic heterocycles. The first-order valence-electron chi connectivity index (χ1n) is 6.19. The fraction of sp³-hybridized carbons (Fsp3) is 0.214. The number of carbonyl (C=O) groups is 1. The van der Waals surface area contributed by atoms with Gasteiger partial charge in [0.05, 0.1) is 6.07 Å². The number of benzene rings is 1. The number of carboxylic acid groups (broad SMARTS) is 1. The summed E-state index contributed by atoms with van der Waals surface area (Å²) in [5, 5.41) is 9.01. The average Bonchev–Trinajstić information content (AvgIpc) is 2.37. The van der Waals surface area contributed by atoms with Crippen LogP contribution in [0.5, 0.6) is 11.6 Å². The quantitative estimate of drug-likeness (QED) is 0.903. The molecule has 2 rings (SSSR count). The van der Waals surface area contributed by atoms with E-state index in [0.717, 1.165) is 12.1 Å². The maximum absolute atomic E-state index is 13.5. The van der Waals surface area contributed by atoms with E-state index in [1.807, 2.05) is 13.8 Å². The summed E-state index contributed by atoms with van der Waals surface area (Å²) >= 11 is 0. The fourth-order valence-electron chi connectivity index (χ4n) is 1.69. The van der Waals surface area contributed by atoms with Crippen molar-refractivity contribution in [2.24, 2.45) is 0 Å². The molecule has 6 nitrogen and oxygen atoms in total. The summed E-state index contributed by atoms with van der Waals surface area (Å²) in [6, 6.07) is 4.70. The Labute approximate surface area is 119 Å². The van der Waals surface area contributed by atoms with Crippen LogP contribution in [-0.2, 0) is 0 Å². The second-order valence-corrected chi connectivity index (χ2v) is 4.64. The van der Waals surface area contributed by atoms with Crippen molar-refractivity contribution in [2.45, 2.75) is 19.8 Å². The molecule has 0 spiro atoms. The Hall–Kier alpha value is -2.70. The lowest BCUT2D eigenvalue weighted by Crippen LogP contribution is -2.12. The van der Waals surface area contributed by atoms with Crippen LogP contribution in [0, 0.1) is 5.82 Å². The summed E-state index contributed by atoms with van der Waals surface area (Å²) in [5.74, 6) is -2.34. The van der Waals surface area contributed by atoms with Crippen molar-refractivity contribution in [3.8, 4) is 11.6 Å². The largest absolute Gasteiger partial charge is 0.477 e. The Kier molecular flexibility index (Phi) is 4.02. The Bertz CT molecular complexity index is 740. The summed E-state index contributed by atoms with van der Waals surface area (Å²) < 4.78 is 18.8. The van der Waals surface area contributed by atoms with E-state index in [0.29, 0.717) is 5.82 Å². The highest BCUT2D eigenvalue weighted by Crippen LogP contribution is 2.26. The topological polar surface area (TPSA) is 92.3 Å². The van der Waals surface area contributed by atoms with Crippen molar-refractivity contribution in [2.75, 3.05) is 0 Å². The molecule has 0 saturated carbocycles. The van der Waals surface area contributed by atoms with Crippen LogP contribution in [0.4, 0.5) is 4.39 Å². The first-order valence-corrected chi connectivity index (χ1v) is 6.19. The molecule has 21 heavy (non-hydrogen) atoms. The standard InChI is InChI=1S/C14H13FN2O4/c1-7(2)13-16-10(18)6-11(17-13)21-9-5-3-4-8(15)12(9)14(19)20/h3-7H,1-2H3,(H,19,20)(H,16,17,18). The van der Waals surface area contributed by atoms with Crippen LogP contribution in [0.25, 0.3) is 0 Å². The molecule has 0 aliphatic rings. The molecule has 0 bridgehead atoms. The van der Waals surface area contributed by atoms with Gasteiger partial charge in [-0.2, -0.15) is 4.98 Å². The first kappa shape index (κ1) is 14.7. The molecule has 1 aromatic carbocycles. The summed E-state index contributed by atoms with van der Waals surface area (Å²) in [5.41, 5.74) is -1.04. The number of hydrogen-bond donors (Lipinski definition) is 2. The van der Waals surface area contributed by atoms with Gasteiger partial charge in [-0.3, -0.25) is 4.79 Å². The van der Waals surface area contributed by atoms with Gasteiger partial charge in [0.2, 0.25) is 5.88 Å². The molecular weight excluding hydrogens is 279 g/mol. The minimum absolute atomic E-state index is 0.0484. The normalized spacial score (nSPS) is 10.7. The van der Waals surface area contributed by atoms with E-state index < -0.39 is 22.9 Å². The van der Waals surface area contributed by atoms with Gasteiger partial charge in [0.15, 0.2) is 0 Å². The van der Waals surface area contributed by atoms with Gasteiger partial charge in [-0.05, 0) is 12.1 Å². The van der Waals surface area contributed by atoms with Crippen LogP contribution in [0.2, 0.25) is 0 Å². The van der Waals surface area contributed by atoms with Crippen LogP contribution in [0.1, 0.15) is 35.9 Å². The molecule has 0 atom stereocenters. The average molecular weight is 292 g/mol. The van der Waals surface area contributed by atoms with E-state index in [1.54, 1.807) is 0 Å². The Morgan fingerprint density at radius 1 is 1.43 bits per heavy atom. The van der Waals surface area contributed by atoms with E-state index in [2.05, 4.69) is 9.97 Å². The number of nitrogens with one attached hydrogen (secondary N) is 1. The Morgan fingerprint density at radius 3 is 2.76 bits per heavy atom. The SMILES string of the molecule is CC(C)c1nc(Oc2cccc(F)c2C(=O)O)cc(=O)[nH]1. The number of hydrogen-bond acceptors (Lipinski definition) is 4. The van der Waals surface area contributed by atoms with Gasteiger partial charge in [-0.1, -0.05) is 19.9 Å². The number of H-pyrrole nitrogens is 1. The number of nitrogens with zero attached hydrogens (tertiary/aromatic N) is 1. The van der Waals surface area contributed by atoms with Crippen LogP contribution in [0.3, 0.4) is 0 Å². The molecule has 0 saturated heterocycles. The van der Waals surface area contributed by atoms with Gasteiger partial charge < -0.3 is 14.8 Å². The smallest absolute Gasteiger partial charge is 0.342 e. The maximum Gasteiger partial charge on any atom is 0.342 e. The molecule has 0 radical (unpaired) electrons. The highest BCUT2D eigenvalue weighted by Gasteiger charge is 2.18. The van der Waals surface area contributed by atoms with Gasteiger partial charge in [0.1, 0.15) is 23.0 Å². The zero-order valence-electron chi connectivity index (χ0n) is 11.4. The predicted octanol–water partition coefficient (Wildman–Crippen LogP) is 2.52. The summed E-state index contributed by atoms with van der Waals surface area (Å²) in [6.07, 6.45) is 0. The summed E-state index contributed by atoms with van der Waals surface area (Å²) in [4.78, 5) is 29.2. The van der Waals surface area contributed by atoms with Crippen molar-refractivity contribution < 1.29 is 19.0 Å². The number of aromatic carboxylic acids is 1. The van der Waals surface area contributed by atoms with Gasteiger partial charge in [0.25, 0.3) is 5.56 Å². The minimum Gasteiger partial charge on any atom is -0.477 e. The van der Waals surface area contributed by atoms with Crippen molar-refractivity contribution in [1.82, 2.24) is 9.97 Å². The number of aromatic nitrogens is 2. The molecule has 2 aromatic rings. The molecular formula is C14H13FN2O4. The number of carboxylic acids is 1. The Balaban J connectivity index is 2.46. The minimum atomic E-state index is -1.46. The van der Waals surface area contributed by atoms with Crippen LogP contribution in [0.15, 0.2) is 29.1 Å². The fourth-order valence-corrected chi connectivity index (χ4v) is 1.69. The number of halogens is 1. The third-order valence-corrected chi connectivity index (χ3v) is 2.69. The predicted molar refractivity (Wildman–Crippen MR) is 72.4 cm³/mol. The first-order chi connectivity index (χ1) is 9.88. The van der Waals surface area contributed by atoms with Gasteiger partial charge in [0, 0.05) is 5.92 Å². The second-order valence-electron chi connectivity index (χ2n) is 4.64. The van der Waals surface area contributed by atoms with E-state index in [-0.39, 0.29) is 17.5 Å². The van der Waals surface area contributed by atoms with Crippen LogP contribution in [-0.4, -0.2) is 21.0 Å². The molecule has 1 heterocycles. The monoisotopic (exact) mass is 292 g/mol. The van der Waals surface area contributed by atoms with E-state index >= 15 is 0 Å². The molecule has 0 fully saturated rings. The summed E-state index contributed by atoms with van der Waals surface area (Å²) in [7, 11) is 0. The summed E-state index contributed by atoms with van der Waals surface area (Å²) in [6.45, 7) is 3.65. The lowest BCUT2D eigenvalue weighted by molar-refractivity contribution is 0.0689. The van der Waals surface area contributed by atoms with Crippen molar-refractivity contribution >= 4 is 5.97 Å². The Morgan fingerprint density at radius 2 is 2.14 bits per heavy atom. The lowest BCUT2D eigenvalue weighted by Gasteiger charge is -2.10. The third kappa shape index (κ3) is 3.25. The third-order valence-electron chi connectivity index (χ3n) is 2.69. The van der Waals surface area contributed by atoms with Crippen molar-refractivity contribution in [1.29, 1.82) is 0 Å². The van der Waals surface area contributed by atoms with E-state index in [1.165, 1.54) is 12.1 Å². The second kappa shape index (κ2) is 5.74. The molecule has 7 heteroatoms. The van der Waals surface area contributed by atoms with Crippen molar-refractivity contribution in [3.63, 3.8) is 0 Å². The maximum atomic E-state index is 13.5. The van der Waals surface area contributed by atoms with Gasteiger partial charge in [-0.25, -0.2) is 9.18 Å². The van der Waals surface area contributed by atoms with E-state index in [9.17, 15) is 14.0 Å².